The third kappa shape index (κ3) is 7.08. The summed E-state index contributed by atoms with van der Waals surface area (Å²) in [4.78, 5) is 25.2. The van der Waals surface area contributed by atoms with Crippen molar-refractivity contribution in [2.75, 3.05) is 40.4 Å². The number of aliphatic carboxylic acids is 1. The molecule has 0 fully saturated rings. The van der Waals surface area contributed by atoms with Crippen molar-refractivity contribution in [3.05, 3.63) is 0 Å². The average molecular weight is 262 g/mol. The molecular formula is C11H22N2O5. The molecular weight excluding hydrogens is 240 g/mol. The summed E-state index contributed by atoms with van der Waals surface area (Å²) in [5.41, 5.74) is 0. The van der Waals surface area contributed by atoms with E-state index in [4.69, 9.17) is 14.9 Å². The van der Waals surface area contributed by atoms with Gasteiger partial charge in [-0.25, -0.2) is 4.79 Å². The molecule has 7 nitrogen and oxygen atoms in total. The molecule has 0 aliphatic heterocycles. The van der Waals surface area contributed by atoms with Crippen LogP contribution in [0.2, 0.25) is 0 Å². The summed E-state index contributed by atoms with van der Waals surface area (Å²) < 4.78 is 4.84. The van der Waals surface area contributed by atoms with Crippen LogP contribution in [0.5, 0.6) is 0 Å². The molecule has 0 aromatic carbocycles. The van der Waals surface area contributed by atoms with E-state index in [1.165, 1.54) is 16.9 Å². The summed E-state index contributed by atoms with van der Waals surface area (Å²) in [6, 6.07) is -0.380. The van der Waals surface area contributed by atoms with Crippen molar-refractivity contribution in [1.29, 1.82) is 0 Å². The van der Waals surface area contributed by atoms with Crippen LogP contribution >= 0.6 is 0 Å². The van der Waals surface area contributed by atoms with E-state index >= 15 is 0 Å². The molecule has 0 radical (unpaired) electrons. The number of carboxylic acid groups (broad SMARTS) is 1. The molecule has 0 aliphatic rings. The van der Waals surface area contributed by atoms with Crippen molar-refractivity contribution >= 4 is 12.0 Å². The predicted octanol–water partition coefficient (Wildman–Crippen LogP) is -0.158. The van der Waals surface area contributed by atoms with Crippen LogP contribution in [0.15, 0.2) is 0 Å². The van der Waals surface area contributed by atoms with Gasteiger partial charge in [-0.1, -0.05) is 0 Å². The van der Waals surface area contributed by atoms with Gasteiger partial charge in [0, 0.05) is 27.2 Å². The molecule has 0 saturated heterocycles. The smallest absolute Gasteiger partial charge is 0.323 e. The number of hydrogen-bond acceptors (Lipinski definition) is 4. The Morgan fingerprint density at radius 2 is 1.94 bits per heavy atom. The number of aliphatic hydroxyl groups excluding tert-OH is 1. The number of hydrogen-bond donors (Lipinski definition) is 2. The lowest BCUT2D eigenvalue weighted by Gasteiger charge is -2.27. The topological polar surface area (TPSA) is 90.3 Å². The summed E-state index contributed by atoms with van der Waals surface area (Å²) in [7, 11) is 3.06. The monoisotopic (exact) mass is 262 g/mol. The van der Waals surface area contributed by atoms with Crippen LogP contribution in [0.3, 0.4) is 0 Å². The number of methoxy groups -OCH3 is 1. The van der Waals surface area contributed by atoms with Crippen molar-refractivity contribution < 1.29 is 24.5 Å². The molecule has 7 heteroatoms. The SMILES string of the molecule is COCCN(CC(=O)O)C(=O)N(C)CCC(C)O. The van der Waals surface area contributed by atoms with Crippen molar-refractivity contribution in [1.82, 2.24) is 9.80 Å². The van der Waals surface area contributed by atoms with Crippen molar-refractivity contribution in [2.45, 2.75) is 19.4 Å². The fourth-order valence-electron chi connectivity index (χ4n) is 1.32. The highest BCUT2D eigenvalue weighted by Gasteiger charge is 2.20. The summed E-state index contributed by atoms with van der Waals surface area (Å²) in [6.07, 6.45) is -0.0416. The van der Waals surface area contributed by atoms with Gasteiger partial charge in [0.05, 0.1) is 12.7 Å². The minimum Gasteiger partial charge on any atom is -0.480 e. The molecule has 106 valence electrons. The number of urea groups is 1. The van der Waals surface area contributed by atoms with E-state index in [2.05, 4.69) is 0 Å². The van der Waals surface area contributed by atoms with Crippen LogP contribution in [0, 0.1) is 0 Å². The van der Waals surface area contributed by atoms with Gasteiger partial charge in [0.25, 0.3) is 0 Å². The quantitative estimate of drug-likeness (QED) is 0.634. The van der Waals surface area contributed by atoms with Gasteiger partial charge >= 0.3 is 12.0 Å². The number of amides is 2. The maximum atomic E-state index is 11.9. The van der Waals surface area contributed by atoms with Crippen molar-refractivity contribution in [3.8, 4) is 0 Å². The molecule has 1 unspecified atom stereocenters. The van der Waals surface area contributed by atoms with E-state index in [1.807, 2.05) is 0 Å². The average Bonchev–Trinajstić information content (AvgIpc) is 2.29. The zero-order valence-electron chi connectivity index (χ0n) is 11.1. The Morgan fingerprint density at radius 3 is 2.39 bits per heavy atom. The molecule has 0 rings (SSSR count). The van der Waals surface area contributed by atoms with Crippen molar-refractivity contribution in [3.63, 3.8) is 0 Å². The fourth-order valence-corrected chi connectivity index (χ4v) is 1.32. The highest BCUT2D eigenvalue weighted by molar-refractivity contribution is 5.80. The third-order valence-corrected chi connectivity index (χ3v) is 2.37. The highest BCUT2D eigenvalue weighted by atomic mass is 16.5. The Kier molecular flexibility index (Phi) is 8.06. The van der Waals surface area contributed by atoms with Gasteiger partial charge in [-0.05, 0) is 13.3 Å². The number of rotatable bonds is 8. The molecule has 0 aromatic rings. The summed E-state index contributed by atoms with van der Waals surface area (Å²) in [5, 5.41) is 17.9. The number of carboxylic acids is 1. The minimum atomic E-state index is -1.07. The van der Waals surface area contributed by atoms with Crippen LogP contribution in [0.4, 0.5) is 4.79 Å². The normalized spacial score (nSPS) is 12.0. The van der Waals surface area contributed by atoms with Gasteiger partial charge in [-0.2, -0.15) is 0 Å². The lowest BCUT2D eigenvalue weighted by atomic mass is 10.3. The Hall–Kier alpha value is -1.34. The maximum absolute atomic E-state index is 11.9. The third-order valence-electron chi connectivity index (χ3n) is 2.37. The first-order valence-electron chi connectivity index (χ1n) is 5.77. The first kappa shape index (κ1) is 16.7. The molecule has 0 aromatic heterocycles. The largest absolute Gasteiger partial charge is 0.480 e. The number of aliphatic hydroxyl groups is 1. The Morgan fingerprint density at radius 1 is 1.33 bits per heavy atom. The minimum absolute atomic E-state index is 0.223. The molecule has 0 spiro atoms. The van der Waals surface area contributed by atoms with E-state index < -0.39 is 12.1 Å². The molecule has 0 heterocycles. The van der Waals surface area contributed by atoms with E-state index in [-0.39, 0.29) is 25.7 Å². The summed E-state index contributed by atoms with van der Waals surface area (Å²) >= 11 is 0. The lowest BCUT2D eigenvalue weighted by molar-refractivity contribution is -0.137. The van der Waals surface area contributed by atoms with Crippen LogP contribution in [0.1, 0.15) is 13.3 Å². The fraction of sp³-hybridized carbons (Fsp3) is 0.818. The molecule has 18 heavy (non-hydrogen) atoms. The molecule has 1 atom stereocenters. The standard InChI is InChI=1S/C11H22N2O5/c1-9(14)4-5-12(2)11(17)13(6-7-18-3)8-10(15)16/h9,14H,4-8H2,1-3H3,(H,15,16). The summed E-state index contributed by atoms with van der Waals surface area (Å²) in [6.45, 7) is 2.16. The lowest BCUT2D eigenvalue weighted by Crippen LogP contribution is -2.45. The van der Waals surface area contributed by atoms with Crippen molar-refractivity contribution in [2.24, 2.45) is 0 Å². The molecule has 0 saturated carbocycles. The van der Waals surface area contributed by atoms with Gasteiger partial charge in [0.2, 0.25) is 0 Å². The highest BCUT2D eigenvalue weighted by Crippen LogP contribution is 2.00. The number of ether oxygens (including phenoxy) is 1. The maximum Gasteiger partial charge on any atom is 0.323 e. The van der Waals surface area contributed by atoms with Gasteiger partial charge in [0.15, 0.2) is 0 Å². The molecule has 0 aliphatic carbocycles. The summed E-state index contributed by atoms with van der Waals surface area (Å²) in [5.74, 6) is -1.07. The van der Waals surface area contributed by atoms with Crippen LogP contribution in [-0.4, -0.2) is 78.5 Å². The molecule has 0 bridgehead atoms. The second-order valence-corrected chi connectivity index (χ2v) is 4.15. The number of nitrogens with zero attached hydrogens (tertiary/aromatic N) is 2. The van der Waals surface area contributed by atoms with Gasteiger partial charge < -0.3 is 24.7 Å². The van der Waals surface area contributed by atoms with Crippen LogP contribution in [-0.2, 0) is 9.53 Å². The van der Waals surface area contributed by atoms with E-state index in [0.29, 0.717) is 13.0 Å². The molecule has 2 amide bonds. The van der Waals surface area contributed by atoms with E-state index in [0.717, 1.165) is 0 Å². The van der Waals surface area contributed by atoms with Gasteiger partial charge in [-0.15, -0.1) is 0 Å². The van der Waals surface area contributed by atoms with E-state index in [1.54, 1.807) is 14.0 Å². The van der Waals surface area contributed by atoms with Gasteiger partial charge in [-0.3, -0.25) is 4.79 Å². The second-order valence-electron chi connectivity index (χ2n) is 4.15. The van der Waals surface area contributed by atoms with E-state index in [9.17, 15) is 9.59 Å². The predicted molar refractivity (Wildman–Crippen MR) is 65.4 cm³/mol. The van der Waals surface area contributed by atoms with Crippen LogP contribution < -0.4 is 0 Å². The zero-order chi connectivity index (χ0) is 14.1. The Bertz CT molecular complexity index is 270. The first-order chi connectivity index (χ1) is 8.38. The van der Waals surface area contributed by atoms with Gasteiger partial charge in [0.1, 0.15) is 6.54 Å². The van der Waals surface area contributed by atoms with Crippen LogP contribution in [0.25, 0.3) is 0 Å². The number of carbonyl (C=O) groups excluding carboxylic acids is 1. The molecule has 2 N–H and O–H groups in total. The Balaban J connectivity index is 4.37. The number of carbonyl (C=O) groups is 2. The second kappa shape index (κ2) is 8.71. The zero-order valence-corrected chi connectivity index (χ0v) is 11.1. The Labute approximate surface area is 107 Å². The first-order valence-corrected chi connectivity index (χ1v) is 5.77.